The lowest BCUT2D eigenvalue weighted by Crippen LogP contribution is -2.54. The van der Waals surface area contributed by atoms with Crippen molar-refractivity contribution >= 4 is 41.2 Å². The third-order valence-corrected chi connectivity index (χ3v) is 7.23. The molecule has 15 heteroatoms. The molecule has 0 radical (unpaired) electrons. The van der Waals surface area contributed by atoms with Crippen molar-refractivity contribution in [3.63, 3.8) is 0 Å². The van der Waals surface area contributed by atoms with E-state index in [4.69, 9.17) is 28.4 Å². The second kappa shape index (κ2) is 21.1. The predicted molar refractivity (Wildman–Crippen MR) is 170 cm³/mol. The highest BCUT2D eigenvalue weighted by Crippen LogP contribution is 2.32. The van der Waals surface area contributed by atoms with Crippen molar-refractivity contribution in [3.8, 4) is 0 Å². The van der Waals surface area contributed by atoms with E-state index in [1.165, 1.54) is 6.07 Å². The quantitative estimate of drug-likeness (QED) is 0.0702. The molecule has 264 valence electrons. The first-order valence-corrected chi connectivity index (χ1v) is 16.1. The maximum absolute atomic E-state index is 13.2. The second-order valence-electron chi connectivity index (χ2n) is 11.0. The summed E-state index contributed by atoms with van der Waals surface area (Å²) in [7, 11) is 0. The minimum atomic E-state index is -1.07. The van der Waals surface area contributed by atoms with Gasteiger partial charge in [0.25, 0.3) is 11.8 Å². The number of piperidine rings is 1. The van der Waals surface area contributed by atoms with Crippen LogP contribution in [0.1, 0.15) is 66.2 Å². The fourth-order valence-electron chi connectivity index (χ4n) is 4.80. The monoisotopic (exact) mass is 675 g/mol. The number of imide groups is 2. The number of ether oxygens (including phenoxy) is 6. The highest BCUT2D eigenvalue weighted by atomic mass is 16.6. The Labute approximate surface area is 279 Å². The lowest BCUT2D eigenvalue weighted by atomic mass is 10.0. The van der Waals surface area contributed by atoms with E-state index in [9.17, 15) is 28.8 Å². The van der Waals surface area contributed by atoms with Crippen molar-refractivity contribution in [2.24, 2.45) is 0 Å². The maximum atomic E-state index is 13.2. The van der Waals surface area contributed by atoms with Gasteiger partial charge in [0.2, 0.25) is 17.7 Å². The Hall–Kier alpha value is -4.02. The lowest BCUT2D eigenvalue weighted by Gasteiger charge is -2.27. The third kappa shape index (κ3) is 12.5. The molecule has 1 atom stereocenters. The van der Waals surface area contributed by atoms with Gasteiger partial charge in [-0.05, 0) is 38.3 Å². The molecule has 0 aliphatic carbocycles. The standard InChI is InChI=1S/C33H45N3O12/c1-23(2)33(42)48-22-21-47-20-19-46-18-17-45-16-15-44-14-13-43-12-5-3-4-9-27(37)34-25-8-6-7-24-29(25)32(41)36(31(24)40)26-10-11-28(38)35-30(26)39/h6-8,26H,1,3-5,9-22H2,2H3,(H,34,37)(H,35,38,39). The third-order valence-electron chi connectivity index (χ3n) is 7.23. The topological polar surface area (TPSA) is 185 Å². The Bertz CT molecular complexity index is 1300. The number of carbonyl (C=O) groups excluding carboxylic acids is 6. The molecule has 3 rings (SSSR count). The summed E-state index contributed by atoms with van der Waals surface area (Å²) in [5.74, 6) is -3.16. The Kier molecular flexibility index (Phi) is 16.9. The second-order valence-corrected chi connectivity index (χ2v) is 11.0. The van der Waals surface area contributed by atoms with E-state index in [1.54, 1.807) is 19.1 Å². The highest BCUT2D eigenvalue weighted by Gasteiger charge is 2.45. The van der Waals surface area contributed by atoms with Crippen molar-refractivity contribution in [1.82, 2.24) is 10.2 Å². The summed E-state index contributed by atoms with van der Waals surface area (Å²) in [5.41, 5.74) is 0.724. The van der Waals surface area contributed by atoms with Crippen LogP contribution in [0.25, 0.3) is 0 Å². The molecule has 0 spiro atoms. The van der Waals surface area contributed by atoms with Gasteiger partial charge in [0.1, 0.15) is 12.6 Å². The molecule has 2 aliphatic heterocycles. The Morgan fingerprint density at radius 1 is 0.812 bits per heavy atom. The van der Waals surface area contributed by atoms with Crippen LogP contribution in [0.2, 0.25) is 0 Å². The number of amides is 5. The van der Waals surface area contributed by atoms with Crippen LogP contribution in [0.15, 0.2) is 30.4 Å². The summed E-state index contributed by atoms with van der Waals surface area (Å²) in [5, 5.41) is 4.89. The van der Waals surface area contributed by atoms with Gasteiger partial charge in [0.15, 0.2) is 0 Å². The fraction of sp³-hybridized carbons (Fsp3) is 0.576. The van der Waals surface area contributed by atoms with Crippen molar-refractivity contribution in [1.29, 1.82) is 0 Å². The van der Waals surface area contributed by atoms with E-state index in [0.29, 0.717) is 78.1 Å². The van der Waals surface area contributed by atoms with E-state index in [2.05, 4.69) is 17.2 Å². The van der Waals surface area contributed by atoms with Crippen molar-refractivity contribution in [2.75, 3.05) is 78.0 Å². The van der Waals surface area contributed by atoms with Crippen molar-refractivity contribution in [2.45, 2.75) is 51.5 Å². The number of nitrogens with zero attached hydrogens (tertiary/aromatic N) is 1. The molecule has 1 unspecified atom stereocenters. The molecule has 1 aromatic carbocycles. The number of esters is 1. The lowest BCUT2D eigenvalue weighted by molar-refractivity contribution is -0.140. The van der Waals surface area contributed by atoms with Gasteiger partial charge < -0.3 is 33.7 Å². The minimum absolute atomic E-state index is 0.0273. The first-order chi connectivity index (χ1) is 23.2. The smallest absolute Gasteiger partial charge is 0.333 e. The van der Waals surface area contributed by atoms with Crippen molar-refractivity contribution < 1.29 is 57.2 Å². The number of fused-ring (bicyclic) bond motifs is 1. The largest absolute Gasteiger partial charge is 0.460 e. The number of nitrogens with one attached hydrogen (secondary N) is 2. The molecule has 2 aliphatic rings. The summed E-state index contributed by atoms with van der Waals surface area (Å²) in [6.07, 6.45) is 2.43. The van der Waals surface area contributed by atoms with Gasteiger partial charge in [-0.1, -0.05) is 19.1 Å². The van der Waals surface area contributed by atoms with Gasteiger partial charge in [-0.3, -0.25) is 34.2 Å². The number of hydrogen-bond acceptors (Lipinski definition) is 12. The number of rotatable bonds is 24. The zero-order chi connectivity index (χ0) is 34.7. The van der Waals surface area contributed by atoms with Crippen LogP contribution in [-0.4, -0.2) is 119 Å². The zero-order valence-corrected chi connectivity index (χ0v) is 27.4. The normalized spacial score (nSPS) is 15.8. The van der Waals surface area contributed by atoms with Gasteiger partial charge in [-0.15, -0.1) is 0 Å². The zero-order valence-electron chi connectivity index (χ0n) is 27.4. The van der Waals surface area contributed by atoms with Crippen LogP contribution in [0.3, 0.4) is 0 Å². The average molecular weight is 676 g/mol. The van der Waals surface area contributed by atoms with E-state index in [1.807, 2.05) is 0 Å². The molecule has 48 heavy (non-hydrogen) atoms. The van der Waals surface area contributed by atoms with Gasteiger partial charge in [0.05, 0.1) is 76.3 Å². The van der Waals surface area contributed by atoms with Crippen LogP contribution >= 0.6 is 0 Å². The molecule has 5 amide bonds. The number of unbranched alkanes of at least 4 members (excludes halogenated alkanes) is 2. The van der Waals surface area contributed by atoms with E-state index < -0.39 is 35.6 Å². The predicted octanol–water partition coefficient (Wildman–Crippen LogP) is 1.79. The molecule has 0 bridgehead atoms. The SMILES string of the molecule is C=C(C)C(=O)OCCOCCOCCOCCOCCOCCCCCC(=O)Nc1cccc2c1C(=O)N(C1CCC(=O)NC1=O)C2=O. The minimum Gasteiger partial charge on any atom is -0.460 e. The highest BCUT2D eigenvalue weighted by molar-refractivity contribution is 6.26. The molecule has 0 saturated carbocycles. The molecule has 2 heterocycles. The van der Waals surface area contributed by atoms with Crippen LogP contribution in [0.4, 0.5) is 5.69 Å². The summed E-state index contributed by atoms with van der Waals surface area (Å²) >= 11 is 0. The number of benzene rings is 1. The summed E-state index contributed by atoms with van der Waals surface area (Å²) < 4.78 is 32.1. The van der Waals surface area contributed by atoms with Crippen molar-refractivity contribution in [3.05, 3.63) is 41.5 Å². The first kappa shape index (κ1) is 38.4. The van der Waals surface area contributed by atoms with Crippen LogP contribution in [0.5, 0.6) is 0 Å². The van der Waals surface area contributed by atoms with Crippen LogP contribution in [0, 0.1) is 0 Å². The number of anilines is 1. The Morgan fingerprint density at radius 3 is 1.98 bits per heavy atom. The first-order valence-electron chi connectivity index (χ1n) is 16.1. The fourth-order valence-corrected chi connectivity index (χ4v) is 4.80. The summed E-state index contributed by atoms with van der Waals surface area (Å²) in [6, 6.07) is 3.51. The average Bonchev–Trinajstić information content (AvgIpc) is 3.31. The molecule has 1 aromatic rings. The van der Waals surface area contributed by atoms with Gasteiger partial charge in [-0.25, -0.2) is 4.79 Å². The van der Waals surface area contributed by atoms with Gasteiger partial charge in [0, 0.05) is 25.0 Å². The molecule has 15 nitrogen and oxygen atoms in total. The molecular formula is C33H45N3O12. The Balaban J connectivity index is 1.14. The number of hydrogen-bond donors (Lipinski definition) is 2. The molecule has 0 aromatic heterocycles. The summed E-state index contributed by atoms with van der Waals surface area (Å²) in [4.78, 5) is 74.5. The van der Waals surface area contributed by atoms with Gasteiger partial charge >= 0.3 is 5.97 Å². The van der Waals surface area contributed by atoms with E-state index >= 15 is 0 Å². The van der Waals surface area contributed by atoms with Crippen LogP contribution < -0.4 is 10.6 Å². The maximum Gasteiger partial charge on any atom is 0.333 e. The molecule has 1 saturated heterocycles. The van der Waals surface area contributed by atoms with Crippen LogP contribution in [-0.2, 0) is 47.6 Å². The Morgan fingerprint density at radius 2 is 1.40 bits per heavy atom. The molecule has 2 N–H and O–H groups in total. The van der Waals surface area contributed by atoms with E-state index in [-0.39, 0.29) is 48.6 Å². The molecule has 1 fully saturated rings. The number of carbonyl (C=O) groups is 6. The summed E-state index contributed by atoms with van der Waals surface area (Å²) in [6.45, 7) is 9.49. The molecular weight excluding hydrogens is 630 g/mol. The van der Waals surface area contributed by atoms with Gasteiger partial charge in [-0.2, -0.15) is 0 Å². The van der Waals surface area contributed by atoms with E-state index in [0.717, 1.165) is 17.7 Å².